The molecular formula is C21H17N5O4. The van der Waals surface area contributed by atoms with Crippen LogP contribution < -0.4 is 10.9 Å². The van der Waals surface area contributed by atoms with E-state index in [4.69, 9.17) is 4.74 Å². The first-order chi connectivity index (χ1) is 14.6. The molecule has 0 bridgehead atoms. The maximum Gasteiger partial charge on any atom is 0.308 e. The van der Waals surface area contributed by atoms with Crippen molar-refractivity contribution in [1.29, 1.82) is 0 Å². The first-order valence-corrected chi connectivity index (χ1v) is 9.23. The molecule has 0 saturated heterocycles. The maximum absolute atomic E-state index is 12.4. The minimum atomic E-state index is -0.619. The summed E-state index contributed by atoms with van der Waals surface area (Å²) in [4.78, 5) is 40.7. The largest absolute Gasteiger partial charge is 0.456 e. The van der Waals surface area contributed by atoms with E-state index in [-0.39, 0.29) is 18.5 Å². The van der Waals surface area contributed by atoms with Gasteiger partial charge in [0.1, 0.15) is 5.52 Å². The molecule has 0 aliphatic carbocycles. The molecule has 4 aromatic rings. The lowest BCUT2D eigenvalue weighted by Crippen LogP contribution is -2.26. The van der Waals surface area contributed by atoms with E-state index in [0.29, 0.717) is 16.6 Å². The van der Waals surface area contributed by atoms with Crippen LogP contribution in [0.2, 0.25) is 0 Å². The van der Waals surface area contributed by atoms with Crippen LogP contribution in [0.5, 0.6) is 0 Å². The van der Waals surface area contributed by atoms with E-state index in [1.165, 1.54) is 0 Å². The normalized spacial score (nSPS) is 10.8. The zero-order valence-electron chi connectivity index (χ0n) is 15.8. The molecular weight excluding hydrogens is 386 g/mol. The third-order valence-electron chi connectivity index (χ3n) is 4.44. The molecule has 0 aliphatic rings. The van der Waals surface area contributed by atoms with Gasteiger partial charge in [-0.15, -0.1) is 5.10 Å². The van der Waals surface area contributed by atoms with Crippen LogP contribution >= 0.6 is 0 Å². The monoisotopic (exact) mass is 403 g/mol. The van der Waals surface area contributed by atoms with Crippen LogP contribution in [0.4, 0.5) is 5.69 Å². The molecule has 2 heterocycles. The SMILES string of the molecule is O=C(COC(=O)CCn1nnc2ccccc2c1=O)Nc1cccc2ncccc12. The number of nitrogens with one attached hydrogen (secondary N) is 1. The Morgan fingerprint density at radius 2 is 1.77 bits per heavy atom. The van der Waals surface area contributed by atoms with Crippen LogP contribution in [-0.4, -0.2) is 38.5 Å². The van der Waals surface area contributed by atoms with Gasteiger partial charge in [-0.05, 0) is 36.4 Å². The number of esters is 1. The lowest BCUT2D eigenvalue weighted by atomic mass is 10.2. The molecule has 0 atom stereocenters. The second-order valence-electron chi connectivity index (χ2n) is 6.47. The Kier molecular flexibility index (Phi) is 5.42. The van der Waals surface area contributed by atoms with Crippen molar-refractivity contribution < 1.29 is 14.3 Å². The highest BCUT2D eigenvalue weighted by molar-refractivity contribution is 6.01. The number of ether oxygens (including phenoxy) is 1. The summed E-state index contributed by atoms with van der Waals surface area (Å²) in [5.74, 6) is -1.09. The van der Waals surface area contributed by atoms with Crippen LogP contribution in [0.3, 0.4) is 0 Å². The second-order valence-corrected chi connectivity index (χ2v) is 6.47. The summed E-state index contributed by atoms with van der Waals surface area (Å²) in [5.41, 5.74) is 1.48. The van der Waals surface area contributed by atoms with Gasteiger partial charge in [0.2, 0.25) is 0 Å². The minimum absolute atomic E-state index is 0.00606. The highest BCUT2D eigenvalue weighted by Gasteiger charge is 2.12. The second kappa shape index (κ2) is 8.48. The fraction of sp³-hybridized carbons (Fsp3) is 0.143. The average Bonchev–Trinajstić information content (AvgIpc) is 2.78. The Bertz CT molecular complexity index is 1300. The summed E-state index contributed by atoms with van der Waals surface area (Å²) < 4.78 is 6.11. The van der Waals surface area contributed by atoms with Crippen molar-refractivity contribution in [2.45, 2.75) is 13.0 Å². The minimum Gasteiger partial charge on any atom is -0.456 e. The average molecular weight is 403 g/mol. The Balaban J connectivity index is 1.32. The smallest absolute Gasteiger partial charge is 0.308 e. The van der Waals surface area contributed by atoms with Crippen molar-refractivity contribution in [2.24, 2.45) is 0 Å². The molecule has 0 saturated carbocycles. The molecule has 1 amide bonds. The molecule has 0 unspecified atom stereocenters. The highest BCUT2D eigenvalue weighted by Crippen LogP contribution is 2.21. The summed E-state index contributed by atoms with van der Waals surface area (Å²) in [7, 11) is 0. The van der Waals surface area contributed by atoms with E-state index in [1.54, 1.807) is 48.7 Å². The fourth-order valence-electron chi connectivity index (χ4n) is 2.98. The van der Waals surface area contributed by atoms with Gasteiger partial charge in [-0.2, -0.15) is 0 Å². The molecule has 0 spiro atoms. The maximum atomic E-state index is 12.4. The number of amides is 1. The van der Waals surface area contributed by atoms with Crippen LogP contribution in [0.15, 0.2) is 65.6 Å². The topological polar surface area (TPSA) is 116 Å². The lowest BCUT2D eigenvalue weighted by molar-refractivity contribution is -0.147. The van der Waals surface area contributed by atoms with E-state index >= 15 is 0 Å². The number of rotatable bonds is 6. The quantitative estimate of drug-likeness (QED) is 0.489. The zero-order valence-corrected chi connectivity index (χ0v) is 15.8. The van der Waals surface area contributed by atoms with E-state index in [2.05, 4.69) is 20.6 Å². The molecule has 9 nitrogen and oxygen atoms in total. The Morgan fingerprint density at radius 3 is 2.67 bits per heavy atom. The number of carbonyl (C=O) groups is 2. The van der Waals surface area contributed by atoms with Gasteiger partial charge in [-0.3, -0.25) is 19.4 Å². The number of carbonyl (C=O) groups excluding carboxylic acids is 2. The van der Waals surface area contributed by atoms with Gasteiger partial charge in [-0.1, -0.05) is 23.4 Å². The van der Waals surface area contributed by atoms with E-state index < -0.39 is 18.5 Å². The Hall–Kier alpha value is -4.14. The summed E-state index contributed by atoms with van der Waals surface area (Å²) in [5, 5.41) is 11.7. The van der Waals surface area contributed by atoms with Crippen molar-refractivity contribution in [2.75, 3.05) is 11.9 Å². The zero-order chi connectivity index (χ0) is 20.9. The predicted molar refractivity (Wildman–Crippen MR) is 110 cm³/mol. The number of anilines is 1. The van der Waals surface area contributed by atoms with Crippen LogP contribution in [0.1, 0.15) is 6.42 Å². The number of fused-ring (bicyclic) bond motifs is 2. The van der Waals surface area contributed by atoms with Crippen molar-refractivity contribution in [3.8, 4) is 0 Å². The van der Waals surface area contributed by atoms with Crippen LogP contribution in [-0.2, 0) is 20.9 Å². The van der Waals surface area contributed by atoms with Gasteiger partial charge < -0.3 is 10.1 Å². The summed E-state index contributed by atoms with van der Waals surface area (Å²) in [6, 6.07) is 15.8. The molecule has 30 heavy (non-hydrogen) atoms. The molecule has 4 rings (SSSR count). The number of aryl methyl sites for hydroxylation is 1. The highest BCUT2D eigenvalue weighted by atomic mass is 16.5. The number of hydrogen-bond donors (Lipinski definition) is 1. The van der Waals surface area contributed by atoms with Gasteiger partial charge in [0.25, 0.3) is 11.5 Å². The van der Waals surface area contributed by atoms with Crippen molar-refractivity contribution in [3.05, 3.63) is 71.1 Å². The third-order valence-corrected chi connectivity index (χ3v) is 4.44. The number of pyridine rings is 1. The molecule has 0 radical (unpaired) electrons. The van der Waals surface area contributed by atoms with Gasteiger partial charge >= 0.3 is 5.97 Å². The van der Waals surface area contributed by atoms with Gasteiger partial charge in [-0.25, -0.2) is 4.68 Å². The summed E-state index contributed by atoms with van der Waals surface area (Å²) in [6.07, 6.45) is 1.55. The summed E-state index contributed by atoms with van der Waals surface area (Å²) in [6.45, 7) is -0.431. The molecule has 9 heteroatoms. The van der Waals surface area contributed by atoms with Gasteiger partial charge in [0, 0.05) is 11.6 Å². The van der Waals surface area contributed by atoms with Gasteiger partial charge in [0.05, 0.1) is 29.6 Å². The first-order valence-electron chi connectivity index (χ1n) is 9.23. The molecule has 2 aromatic carbocycles. The fourth-order valence-corrected chi connectivity index (χ4v) is 2.98. The van der Waals surface area contributed by atoms with Crippen molar-refractivity contribution >= 4 is 39.4 Å². The molecule has 1 N–H and O–H groups in total. The van der Waals surface area contributed by atoms with E-state index in [9.17, 15) is 14.4 Å². The standard InChI is InChI=1S/C21H17N5O4/c27-19(23-17-9-3-8-16-14(17)6-4-11-22-16)13-30-20(28)10-12-26-21(29)15-5-1-2-7-18(15)24-25-26/h1-9,11H,10,12-13H2,(H,23,27). The molecule has 2 aromatic heterocycles. The number of nitrogens with zero attached hydrogens (tertiary/aromatic N) is 4. The molecule has 150 valence electrons. The number of benzene rings is 2. The summed E-state index contributed by atoms with van der Waals surface area (Å²) >= 11 is 0. The van der Waals surface area contributed by atoms with Gasteiger partial charge in [0.15, 0.2) is 6.61 Å². The van der Waals surface area contributed by atoms with E-state index in [0.717, 1.165) is 15.6 Å². The predicted octanol–water partition coefficient (Wildman–Crippen LogP) is 1.91. The molecule has 0 aliphatic heterocycles. The van der Waals surface area contributed by atoms with Crippen molar-refractivity contribution in [3.63, 3.8) is 0 Å². The third kappa shape index (κ3) is 4.14. The number of aromatic nitrogens is 4. The van der Waals surface area contributed by atoms with E-state index in [1.807, 2.05) is 12.1 Å². The first kappa shape index (κ1) is 19.2. The van der Waals surface area contributed by atoms with Crippen LogP contribution in [0.25, 0.3) is 21.8 Å². The molecule has 0 fully saturated rings. The number of hydrogen-bond acceptors (Lipinski definition) is 7. The Morgan fingerprint density at radius 1 is 0.967 bits per heavy atom. The lowest BCUT2D eigenvalue weighted by Gasteiger charge is -2.09. The Labute approximate surface area is 170 Å². The van der Waals surface area contributed by atoms with Crippen molar-refractivity contribution in [1.82, 2.24) is 20.0 Å². The van der Waals surface area contributed by atoms with Crippen LogP contribution in [0, 0.1) is 0 Å².